The van der Waals surface area contributed by atoms with Gasteiger partial charge in [-0.15, -0.1) is 0 Å². The molecule has 238 valence electrons. The number of hydrogen-bond donors (Lipinski definition) is 1. The molecule has 2 bridgehead atoms. The summed E-state index contributed by atoms with van der Waals surface area (Å²) in [5.41, 5.74) is 1.26. The van der Waals surface area contributed by atoms with E-state index < -0.39 is 35.3 Å². The predicted molar refractivity (Wildman–Crippen MR) is 165 cm³/mol. The Morgan fingerprint density at radius 1 is 1.05 bits per heavy atom. The number of alkyl carbamates (subject to hydrolysis) is 1. The number of aldehydes is 1. The van der Waals surface area contributed by atoms with Crippen molar-refractivity contribution in [3.05, 3.63) is 23.9 Å². The van der Waals surface area contributed by atoms with Gasteiger partial charge in [0.15, 0.2) is 0 Å². The highest BCUT2D eigenvalue weighted by Gasteiger charge is 2.54. The van der Waals surface area contributed by atoms with E-state index in [0.717, 1.165) is 81.7 Å². The minimum absolute atomic E-state index is 0.212. The quantitative estimate of drug-likeness (QED) is 0.462. The maximum absolute atomic E-state index is 14.4. The van der Waals surface area contributed by atoms with Gasteiger partial charge in [0.25, 0.3) is 0 Å². The van der Waals surface area contributed by atoms with Crippen LogP contribution in [-0.4, -0.2) is 70.6 Å². The smallest absolute Gasteiger partial charge is 0.408 e. The molecule has 44 heavy (non-hydrogen) atoms. The minimum Gasteiger partial charge on any atom is -0.497 e. The van der Waals surface area contributed by atoms with E-state index in [-0.39, 0.29) is 18.4 Å². The van der Waals surface area contributed by atoms with Gasteiger partial charge in [0, 0.05) is 17.9 Å². The molecule has 0 spiro atoms. The fourth-order valence-corrected chi connectivity index (χ4v) is 7.68. The number of nitrogens with one attached hydrogen (secondary N) is 1. The molecule has 2 aromatic rings. The molecule has 1 aromatic carbocycles. The Bertz CT molecular complexity index is 1410. The average molecular weight is 607 g/mol. The summed E-state index contributed by atoms with van der Waals surface area (Å²) in [6.45, 7) is 6.22. The van der Waals surface area contributed by atoms with Crippen molar-refractivity contribution in [2.75, 3.05) is 13.7 Å². The third-order valence-electron chi connectivity index (χ3n) is 10.8. The summed E-state index contributed by atoms with van der Waals surface area (Å²) in [6.07, 6.45) is 9.99. The third kappa shape index (κ3) is 5.96. The molecule has 3 heterocycles. The monoisotopic (exact) mass is 606 g/mol. The second-order valence-electron chi connectivity index (χ2n) is 14.0. The minimum atomic E-state index is -0.799. The first-order chi connectivity index (χ1) is 21.1. The summed E-state index contributed by atoms with van der Waals surface area (Å²) in [6, 6.07) is 4.13. The van der Waals surface area contributed by atoms with Gasteiger partial charge in [-0.25, -0.2) is 14.8 Å². The van der Waals surface area contributed by atoms with Crippen LogP contribution in [0.4, 0.5) is 4.79 Å². The molecule has 2 saturated carbocycles. The van der Waals surface area contributed by atoms with E-state index in [1.165, 1.54) is 0 Å². The highest BCUT2D eigenvalue weighted by Crippen LogP contribution is 2.50. The lowest BCUT2D eigenvalue weighted by molar-refractivity contribution is -0.140. The molecule has 6 rings (SSSR count). The number of rotatable bonds is 3. The predicted octanol–water partition coefficient (Wildman–Crippen LogP) is 5.39. The first kappa shape index (κ1) is 30.6. The van der Waals surface area contributed by atoms with E-state index in [9.17, 15) is 14.4 Å². The molecule has 2 aliphatic heterocycles. The number of nitrogens with zero attached hydrogens (tertiary/aromatic N) is 3. The third-order valence-corrected chi connectivity index (χ3v) is 10.8. The van der Waals surface area contributed by atoms with Crippen molar-refractivity contribution < 1.29 is 28.6 Å². The van der Waals surface area contributed by atoms with Crippen molar-refractivity contribution >= 4 is 29.3 Å². The van der Waals surface area contributed by atoms with Crippen molar-refractivity contribution in [3.63, 3.8) is 0 Å². The Hall–Kier alpha value is -3.43. The fourth-order valence-electron chi connectivity index (χ4n) is 7.68. The molecule has 1 saturated heterocycles. The second kappa shape index (κ2) is 12.2. The van der Waals surface area contributed by atoms with Crippen LogP contribution in [0.5, 0.6) is 11.6 Å². The lowest BCUT2D eigenvalue weighted by atomic mass is 9.70. The number of carbonyl (C=O) groups excluding carboxylic acids is 3. The number of carbonyl (C=O) groups is 3. The zero-order valence-electron chi connectivity index (χ0n) is 26.5. The van der Waals surface area contributed by atoms with E-state index in [1.54, 1.807) is 12.0 Å². The van der Waals surface area contributed by atoms with Gasteiger partial charge in [-0.1, -0.05) is 46.0 Å². The molecule has 0 unspecified atom stereocenters. The second-order valence-corrected chi connectivity index (χ2v) is 14.0. The summed E-state index contributed by atoms with van der Waals surface area (Å²) in [4.78, 5) is 51.7. The van der Waals surface area contributed by atoms with Gasteiger partial charge in [-0.3, -0.25) is 4.79 Å². The number of hydrogen-bond acceptors (Lipinski definition) is 8. The van der Waals surface area contributed by atoms with E-state index in [0.29, 0.717) is 29.5 Å². The Labute approximate surface area is 259 Å². The van der Waals surface area contributed by atoms with E-state index in [2.05, 4.69) is 12.2 Å². The Kier molecular flexibility index (Phi) is 8.46. The number of amides is 2. The Morgan fingerprint density at radius 2 is 1.82 bits per heavy atom. The van der Waals surface area contributed by atoms with Crippen LogP contribution >= 0.6 is 0 Å². The van der Waals surface area contributed by atoms with Gasteiger partial charge < -0.3 is 29.2 Å². The molecule has 10 nitrogen and oxygen atoms in total. The van der Waals surface area contributed by atoms with Crippen LogP contribution in [0.2, 0.25) is 0 Å². The standard InChI is InChI=1S/C34H46N4O6/c1-21-27(20-39)38-19-28(21)43-30-25(35-24-14-13-23(42-4)17-26(24)36-30)12-8-5-7-11-22-18-34(22,3)44-32(41)37-29(31(38)40)33(2)15-9-6-10-16-33/h13-14,17,20-22,27-29H,5-12,15-16,18-19H2,1-4H3,(H,37,41)/t21-,22+,27+,28-,29+,34+/m0/s1. The van der Waals surface area contributed by atoms with Crippen LogP contribution in [0.1, 0.15) is 90.7 Å². The zero-order chi connectivity index (χ0) is 31.1. The largest absolute Gasteiger partial charge is 0.497 e. The van der Waals surface area contributed by atoms with Crippen molar-refractivity contribution in [2.24, 2.45) is 17.3 Å². The molecular formula is C34H46N4O6. The fraction of sp³-hybridized carbons (Fsp3) is 0.676. The molecule has 3 fully saturated rings. The van der Waals surface area contributed by atoms with Crippen LogP contribution < -0.4 is 14.8 Å². The van der Waals surface area contributed by atoms with Gasteiger partial charge in [0.2, 0.25) is 11.8 Å². The van der Waals surface area contributed by atoms with Gasteiger partial charge in [-0.2, -0.15) is 0 Å². The summed E-state index contributed by atoms with van der Waals surface area (Å²) >= 11 is 0. The number of aromatic nitrogens is 2. The highest BCUT2D eigenvalue weighted by molar-refractivity contribution is 5.89. The number of benzene rings is 1. The highest BCUT2D eigenvalue weighted by atomic mass is 16.6. The van der Waals surface area contributed by atoms with Gasteiger partial charge in [0.05, 0.1) is 30.7 Å². The average Bonchev–Trinajstić information content (AvgIpc) is 3.53. The first-order valence-corrected chi connectivity index (χ1v) is 16.4. The van der Waals surface area contributed by atoms with Crippen LogP contribution in [0.15, 0.2) is 18.2 Å². The van der Waals surface area contributed by atoms with E-state index in [1.807, 2.05) is 32.0 Å². The molecule has 1 N–H and O–H groups in total. The van der Waals surface area contributed by atoms with Gasteiger partial charge in [0.1, 0.15) is 35.5 Å². The normalized spacial score (nSPS) is 32.6. The molecule has 4 aliphatic rings. The van der Waals surface area contributed by atoms with Crippen molar-refractivity contribution in [2.45, 2.75) is 115 Å². The number of methoxy groups -OCH3 is 1. The van der Waals surface area contributed by atoms with Crippen molar-refractivity contribution in [3.8, 4) is 11.6 Å². The molecule has 10 heteroatoms. The number of fused-ring (bicyclic) bond motifs is 5. The van der Waals surface area contributed by atoms with E-state index in [4.69, 9.17) is 24.2 Å². The van der Waals surface area contributed by atoms with Crippen LogP contribution in [-0.2, 0) is 20.7 Å². The Morgan fingerprint density at radius 3 is 2.57 bits per heavy atom. The maximum Gasteiger partial charge on any atom is 0.408 e. The zero-order valence-corrected chi connectivity index (χ0v) is 26.5. The first-order valence-electron chi connectivity index (χ1n) is 16.4. The maximum atomic E-state index is 14.4. The number of ether oxygens (including phenoxy) is 3. The lowest BCUT2D eigenvalue weighted by Crippen LogP contribution is -2.58. The summed E-state index contributed by atoms with van der Waals surface area (Å²) in [7, 11) is 1.62. The summed E-state index contributed by atoms with van der Waals surface area (Å²) < 4.78 is 18.0. The van der Waals surface area contributed by atoms with E-state index >= 15 is 0 Å². The molecular weight excluding hydrogens is 560 g/mol. The summed E-state index contributed by atoms with van der Waals surface area (Å²) in [5, 5.41) is 3.01. The topological polar surface area (TPSA) is 120 Å². The number of aryl methyl sites for hydroxylation is 1. The van der Waals surface area contributed by atoms with Gasteiger partial charge in [-0.05, 0) is 63.0 Å². The lowest BCUT2D eigenvalue weighted by Gasteiger charge is -2.42. The summed E-state index contributed by atoms with van der Waals surface area (Å²) in [5.74, 6) is 0.886. The SMILES string of the molecule is COc1ccc2nc3c(nc2c1)O[C@H]1CN(C(=O)[C@H](C2(C)CCCCC2)NC(=O)O[C@]2(C)C[C@H]2CCCCC3)[C@H](C=O)[C@@H]1C. The van der Waals surface area contributed by atoms with Crippen LogP contribution in [0, 0.1) is 17.3 Å². The van der Waals surface area contributed by atoms with Gasteiger partial charge >= 0.3 is 6.09 Å². The molecule has 1 aromatic heterocycles. The molecule has 2 amide bonds. The van der Waals surface area contributed by atoms with Crippen LogP contribution in [0.25, 0.3) is 11.0 Å². The molecule has 2 aliphatic carbocycles. The Balaban J connectivity index is 1.35. The molecule has 0 radical (unpaired) electrons. The van der Waals surface area contributed by atoms with Crippen LogP contribution in [0.3, 0.4) is 0 Å². The molecule has 6 atom stereocenters. The van der Waals surface area contributed by atoms with Crippen molar-refractivity contribution in [1.29, 1.82) is 0 Å². The van der Waals surface area contributed by atoms with Crippen molar-refractivity contribution in [1.82, 2.24) is 20.2 Å².